The first-order chi connectivity index (χ1) is 16.7. The van der Waals surface area contributed by atoms with Crippen LogP contribution in [0.2, 0.25) is 0 Å². The highest BCUT2D eigenvalue weighted by Crippen LogP contribution is 2.67. The molecule has 0 bridgehead atoms. The number of hydrogen-bond donors (Lipinski definition) is 3. The Morgan fingerprint density at radius 3 is 2.51 bits per heavy atom. The standard InChI is InChI=1S/C28H45N3O4/c1-17(6-9-25(33)31-12-4-5-13-31)20-7-8-21-26-22(16-24(30-35)28(20,21)3)27(2)11-10-19(32)14-18(27)15-23(26)29-34/h17-22,26,32,34-35H,4-16H2,1-3H3/b29-23-,30-24+/t17-,18+,19-,20-,21+,22+,26+,27+,28-/m1/s1. The van der Waals surface area contributed by atoms with Crippen LogP contribution in [-0.2, 0) is 4.79 Å². The summed E-state index contributed by atoms with van der Waals surface area (Å²) in [4.78, 5) is 14.7. The molecule has 0 spiro atoms. The number of fused-ring (bicyclic) bond motifs is 5. The third-order valence-electron chi connectivity index (χ3n) is 11.6. The van der Waals surface area contributed by atoms with Crippen LogP contribution in [0.1, 0.15) is 91.4 Å². The SMILES string of the molecule is C[C@H](CCC(=O)N1CCCC1)[C@H]1CC[C@H]2[C@@H]3/C(=N\O)C[C@@H]4C[C@H](O)CC[C@]4(C)[C@H]3C/C(=N\O)[C@]12C. The van der Waals surface area contributed by atoms with E-state index < -0.39 is 0 Å². The van der Waals surface area contributed by atoms with Gasteiger partial charge in [-0.25, -0.2) is 0 Å². The fourth-order valence-electron chi connectivity index (χ4n) is 9.56. The van der Waals surface area contributed by atoms with Gasteiger partial charge in [-0.2, -0.15) is 0 Å². The van der Waals surface area contributed by atoms with Gasteiger partial charge in [0.1, 0.15) is 0 Å². The van der Waals surface area contributed by atoms with Crippen LogP contribution < -0.4 is 0 Å². The normalized spacial score (nSPS) is 46.3. The van der Waals surface area contributed by atoms with E-state index in [9.17, 15) is 20.3 Å². The molecule has 1 saturated heterocycles. The summed E-state index contributed by atoms with van der Waals surface area (Å²) in [6.07, 6.45) is 9.57. The molecule has 4 aliphatic carbocycles. The Kier molecular flexibility index (Phi) is 6.69. The lowest BCUT2D eigenvalue weighted by Gasteiger charge is -2.61. The molecule has 3 N–H and O–H groups in total. The average molecular weight is 488 g/mol. The molecule has 196 valence electrons. The quantitative estimate of drug-likeness (QED) is 0.386. The van der Waals surface area contributed by atoms with Crippen molar-refractivity contribution in [3.8, 4) is 0 Å². The first kappa shape index (κ1) is 25.0. The van der Waals surface area contributed by atoms with E-state index in [1.165, 1.54) is 0 Å². The Labute approximate surface area is 210 Å². The van der Waals surface area contributed by atoms with E-state index in [2.05, 4.69) is 31.1 Å². The summed E-state index contributed by atoms with van der Waals surface area (Å²) < 4.78 is 0. The van der Waals surface area contributed by atoms with Gasteiger partial charge >= 0.3 is 0 Å². The second-order valence-corrected chi connectivity index (χ2v) is 13.0. The number of nitrogens with zero attached hydrogens (tertiary/aromatic N) is 3. The number of aliphatic hydroxyl groups excluding tert-OH is 1. The Morgan fingerprint density at radius 1 is 1.09 bits per heavy atom. The number of carbonyl (C=O) groups excluding carboxylic acids is 1. The summed E-state index contributed by atoms with van der Waals surface area (Å²) in [6.45, 7) is 8.74. The minimum Gasteiger partial charge on any atom is -0.411 e. The van der Waals surface area contributed by atoms with Crippen molar-refractivity contribution in [2.75, 3.05) is 13.1 Å². The molecule has 5 fully saturated rings. The highest BCUT2D eigenvalue weighted by atomic mass is 16.4. The van der Waals surface area contributed by atoms with Crippen molar-refractivity contribution in [2.24, 2.45) is 56.6 Å². The largest absolute Gasteiger partial charge is 0.411 e. The third kappa shape index (κ3) is 3.91. The number of aliphatic hydroxyl groups is 1. The molecule has 1 aliphatic heterocycles. The van der Waals surface area contributed by atoms with Gasteiger partial charge in [0.05, 0.1) is 17.5 Å². The molecule has 9 atom stereocenters. The predicted octanol–water partition coefficient (Wildman–Crippen LogP) is 4.93. The van der Waals surface area contributed by atoms with Gasteiger partial charge in [0, 0.05) is 30.8 Å². The Bertz CT molecular complexity index is 883. The molecule has 0 aromatic rings. The molecule has 5 aliphatic rings. The van der Waals surface area contributed by atoms with Gasteiger partial charge in [0.2, 0.25) is 5.91 Å². The van der Waals surface area contributed by atoms with E-state index >= 15 is 0 Å². The highest BCUT2D eigenvalue weighted by Gasteiger charge is 2.65. The van der Waals surface area contributed by atoms with E-state index in [0.717, 1.165) is 88.7 Å². The van der Waals surface area contributed by atoms with Gasteiger partial charge in [0.15, 0.2) is 0 Å². The summed E-state index contributed by atoms with van der Waals surface area (Å²) in [5, 5.41) is 38.6. The van der Waals surface area contributed by atoms with Crippen LogP contribution in [0.4, 0.5) is 0 Å². The van der Waals surface area contributed by atoms with Gasteiger partial charge in [-0.1, -0.05) is 31.1 Å². The van der Waals surface area contributed by atoms with Crippen molar-refractivity contribution in [1.82, 2.24) is 4.90 Å². The van der Waals surface area contributed by atoms with E-state index in [1.807, 2.05) is 4.90 Å². The maximum Gasteiger partial charge on any atom is 0.222 e. The molecule has 35 heavy (non-hydrogen) atoms. The predicted molar refractivity (Wildman–Crippen MR) is 135 cm³/mol. The zero-order valence-corrected chi connectivity index (χ0v) is 21.8. The number of oxime groups is 2. The maximum absolute atomic E-state index is 12.7. The number of amides is 1. The summed E-state index contributed by atoms with van der Waals surface area (Å²) in [6, 6.07) is 0. The van der Waals surface area contributed by atoms with Crippen LogP contribution in [0.15, 0.2) is 10.3 Å². The van der Waals surface area contributed by atoms with Gasteiger partial charge in [-0.15, -0.1) is 0 Å². The van der Waals surface area contributed by atoms with E-state index in [4.69, 9.17) is 0 Å². The summed E-state index contributed by atoms with van der Waals surface area (Å²) in [5.74, 6) is 2.04. The smallest absolute Gasteiger partial charge is 0.222 e. The number of hydrogen-bond acceptors (Lipinski definition) is 6. The average Bonchev–Trinajstić information content (AvgIpc) is 3.50. The van der Waals surface area contributed by atoms with Gasteiger partial charge in [0.25, 0.3) is 0 Å². The summed E-state index contributed by atoms with van der Waals surface area (Å²) >= 11 is 0. The minimum atomic E-state index is -0.274. The van der Waals surface area contributed by atoms with E-state index in [-0.39, 0.29) is 40.6 Å². The second kappa shape index (κ2) is 9.35. The molecule has 5 rings (SSSR count). The third-order valence-corrected chi connectivity index (χ3v) is 11.6. The molecule has 7 heteroatoms. The van der Waals surface area contributed by atoms with Crippen molar-refractivity contribution in [3.63, 3.8) is 0 Å². The molecular weight excluding hydrogens is 442 g/mol. The van der Waals surface area contributed by atoms with Crippen LogP contribution in [0, 0.1) is 46.3 Å². The second-order valence-electron chi connectivity index (χ2n) is 13.0. The highest BCUT2D eigenvalue weighted by molar-refractivity contribution is 5.96. The minimum absolute atomic E-state index is 0.0568. The van der Waals surface area contributed by atoms with Crippen LogP contribution in [-0.4, -0.2) is 56.9 Å². The maximum atomic E-state index is 12.7. The van der Waals surface area contributed by atoms with Gasteiger partial charge in [-0.05, 0) is 99.2 Å². The van der Waals surface area contributed by atoms with Crippen molar-refractivity contribution in [1.29, 1.82) is 0 Å². The fourth-order valence-corrected chi connectivity index (χ4v) is 9.56. The molecule has 0 aromatic heterocycles. The van der Waals surface area contributed by atoms with Crippen LogP contribution in [0.25, 0.3) is 0 Å². The van der Waals surface area contributed by atoms with Crippen LogP contribution in [0.5, 0.6) is 0 Å². The molecule has 7 nitrogen and oxygen atoms in total. The number of likely N-dealkylation sites (tertiary alicyclic amines) is 1. The lowest BCUT2D eigenvalue weighted by Crippen LogP contribution is -2.60. The molecule has 0 aromatic carbocycles. The molecular formula is C28H45N3O4. The topological polar surface area (TPSA) is 106 Å². The van der Waals surface area contributed by atoms with E-state index in [0.29, 0.717) is 24.2 Å². The van der Waals surface area contributed by atoms with Crippen LogP contribution in [0.3, 0.4) is 0 Å². The monoisotopic (exact) mass is 487 g/mol. The molecule has 1 heterocycles. The summed E-state index contributed by atoms with van der Waals surface area (Å²) in [5.41, 5.74) is 1.62. The zero-order chi connectivity index (χ0) is 25.0. The number of rotatable bonds is 4. The Morgan fingerprint density at radius 2 is 1.83 bits per heavy atom. The zero-order valence-electron chi connectivity index (χ0n) is 21.8. The lowest BCUT2D eigenvalue weighted by atomic mass is 9.43. The van der Waals surface area contributed by atoms with Gasteiger partial charge < -0.3 is 20.4 Å². The fraction of sp³-hybridized carbons (Fsp3) is 0.893. The van der Waals surface area contributed by atoms with E-state index in [1.54, 1.807) is 0 Å². The Hall–Kier alpha value is -1.63. The van der Waals surface area contributed by atoms with Crippen molar-refractivity contribution < 1.29 is 20.3 Å². The lowest BCUT2D eigenvalue weighted by molar-refractivity contribution is -0.130. The molecule has 0 radical (unpaired) electrons. The van der Waals surface area contributed by atoms with Crippen LogP contribution >= 0.6 is 0 Å². The number of carbonyl (C=O) groups is 1. The molecule has 0 unspecified atom stereocenters. The van der Waals surface area contributed by atoms with Crippen molar-refractivity contribution in [2.45, 2.75) is 97.5 Å². The van der Waals surface area contributed by atoms with Gasteiger partial charge in [-0.3, -0.25) is 4.79 Å². The van der Waals surface area contributed by atoms with Crippen molar-refractivity contribution >= 4 is 17.3 Å². The Balaban J connectivity index is 1.39. The summed E-state index contributed by atoms with van der Waals surface area (Å²) in [7, 11) is 0. The molecule has 1 amide bonds. The first-order valence-electron chi connectivity index (χ1n) is 14.1. The molecule has 4 saturated carbocycles. The van der Waals surface area contributed by atoms with Crippen molar-refractivity contribution in [3.05, 3.63) is 0 Å². The first-order valence-corrected chi connectivity index (χ1v) is 14.1.